The van der Waals surface area contributed by atoms with Gasteiger partial charge in [0.1, 0.15) is 10.6 Å². The van der Waals surface area contributed by atoms with Gasteiger partial charge >= 0.3 is 21.1 Å². The molecule has 2 aliphatic heterocycles. The van der Waals surface area contributed by atoms with Gasteiger partial charge in [0.25, 0.3) is 22.2 Å². The van der Waals surface area contributed by atoms with E-state index in [0.29, 0.717) is 21.5 Å². The van der Waals surface area contributed by atoms with Crippen LogP contribution in [0.4, 0.5) is 0 Å². The van der Waals surface area contributed by atoms with Gasteiger partial charge in [-0.3, -0.25) is 19.2 Å². The Kier molecular flexibility index (Phi) is 13.6. The molecule has 11 rings (SSSR count). The largest absolute Gasteiger partial charge is 2.00 e. The molecule has 0 aliphatic carbocycles. The Morgan fingerprint density at radius 3 is 0.703 bits per heavy atom. The fourth-order valence-corrected chi connectivity index (χ4v) is 18.0. The Bertz CT molecular complexity index is 2940. The quantitative estimate of drug-likeness (QED) is 0.155. The van der Waals surface area contributed by atoms with Crippen LogP contribution in [0, 0.1) is 14.9 Å². The molecular weight excluding hydrogens is 1040 g/mol. The Morgan fingerprint density at radius 1 is 0.297 bits per heavy atom. The summed E-state index contributed by atoms with van der Waals surface area (Å²) >= 11 is 0. The van der Waals surface area contributed by atoms with Gasteiger partial charge in [0.05, 0.1) is 37.4 Å². The first-order valence-corrected chi connectivity index (χ1v) is 23.4. The molecule has 0 radical (unpaired) electrons. The van der Waals surface area contributed by atoms with Crippen molar-refractivity contribution < 1.29 is 33.5 Å². The summed E-state index contributed by atoms with van der Waals surface area (Å²) in [6.45, 7) is 0. The van der Waals surface area contributed by atoms with Crippen molar-refractivity contribution >= 4 is 48.0 Å². The van der Waals surface area contributed by atoms with E-state index in [9.17, 15) is 0 Å². The van der Waals surface area contributed by atoms with Crippen LogP contribution < -0.4 is 45.3 Å². The number of fused-ring (bicyclic) bond motifs is 4. The van der Waals surface area contributed by atoms with Crippen LogP contribution in [0.3, 0.4) is 0 Å². The van der Waals surface area contributed by atoms with Crippen LogP contribution in [0.25, 0.3) is 21.5 Å². The molecule has 8 nitrogen and oxygen atoms in total. The summed E-state index contributed by atoms with van der Waals surface area (Å²) in [7, 11) is -4.18. The Morgan fingerprint density at radius 2 is 0.484 bits per heavy atom. The van der Waals surface area contributed by atoms with Crippen LogP contribution in [-0.4, -0.2) is 18.7 Å². The molecule has 12 heteroatoms. The summed E-state index contributed by atoms with van der Waals surface area (Å²) in [4.78, 5) is 60.1. The maximum absolute atomic E-state index is 15.0. The van der Waals surface area contributed by atoms with Crippen molar-refractivity contribution in [3.8, 4) is 0 Å². The van der Waals surface area contributed by atoms with E-state index in [1.807, 2.05) is 97.1 Å². The van der Waals surface area contributed by atoms with Gasteiger partial charge < -0.3 is 27.3 Å². The van der Waals surface area contributed by atoms with Crippen molar-refractivity contribution in [2.75, 3.05) is 0 Å². The molecule has 2 aromatic heterocycles. The molecule has 4 heterocycles. The van der Waals surface area contributed by atoms with Crippen molar-refractivity contribution in [2.45, 2.75) is 23.1 Å². The van der Waals surface area contributed by atoms with Crippen LogP contribution in [0.2, 0.25) is 0 Å². The molecule has 9 aromatic rings. The molecule has 7 aromatic carbocycles. The fraction of sp³-hybridized carbons (Fsp3) is 0.0769. The van der Waals surface area contributed by atoms with E-state index >= 15 is 19.2 Å². The van der Waals surface area contributed by atoms with Gasteiger partial charge in [-0.1, -0.05) is 158 Å². The van der Waals surface area contributed by atoms with Gasteiger partial charge in [-0.05, 0) is 36.4 Å². The molecular formula is C52H44ClN4O4P2Pt+. The molecule has 0 fully saturated rings. The van der Waals surface area contributed by atoms with Gasteiger partial charge in [-0.2, -0.15) is 18.7 Å². The van der Waals surface area contributed by atoms with Crippen LogP contribution >= 0.6 is 15.8 Å². The molecule has 0 saturated carbocycles. The Hall–Kier alpha value is -5.74. The smallest absolute Gasteiger partial charge is 1.00 e. The van der Waals surface area contributed by atoms with Gasteiger partial charge in [-0.15, -0.1) is 0 Å². The van der Waals surface area contributed by atoms with Crippen molar-refractivity contribution in [2.24, 2.45) is 0 Å². The van der Waals surface area contributed by atoms with E-state index in [1.165, 1.54) is 0 Å². The monoisotopic (exact) mass is 1080 g/mol. The topological polar surface area (TPSA) is 88.0 Å². The van der Waals surface area contributed by atoms with Crippen molar-refractivity contribution in [1.29, 1.82) is 0 Å². The Balaban J connectivity index is 0.00000153. The van der Waals surface area contributed by atoms with Gasteiger partial charge in [0, 0.05) is 22.3 Å². The number of hydrogen-bond donors (Lipinski definition) is 0. The second kappa shape index (κ2) is 18.8. The third kappa shape index (κ3) is 7.13. The molecule has 0 unspecified atom stereocenters. The van der Waals surface area contributed by atoms with E-state index in [-0.39, 0.29) is 70.6 Å². The summed E-state index contributed by atoms with van der Waals surface area (Å²) < 4.78 is 6.98. The SMILES string of the molecule is O=c1c2ccccc2c(=O)n2n1[C@H](c1ccccc1)[PH+](c1ccccc1[PH+]1[C@@H](c3ccccc3)n3c(=O)c4ccccc4c(=O)n3[C@@H]1c1ccccc1)[C@H]2c1ccccc1.[CH3-].[CH3-].[Cl-].[Pt+2]. The second-order valence-corrected chi connectivity index (χ2v) is 20.5. The zero-order valence-corrected chi connectivity index (χ0v) is 39.9. The average molecular weight is 1080 g/mol. The number of nitrogens with zero attached hydrogens (tertiary/aromatic N) is 4. The summed E-state index contributed by atoms with van der Waals surface area (Å²) in [6, 6.07) is 63.0. The third-order valence-corrected chi connectivity index (χ3v) is 19.3. The first-order chi connectivity index (χ1) is 29.5. The maximum atomic E-state index is 15.0. The number of halogens is 1. The van der Waals surface area contributed by atoms with Gasteiger partial charge in [0.2, 0.25) is 0 Å². The molecule has 322 valence electrons. The second-order valence-electron chi connectivity index (χ2n) is 15.4. The summed E-state index contributed by atoms with van der Waals surface area (Å²) in [6.07, 6.45) is 0. The summed E-state index contributed by atoms with van der Waals surface area (Å²) in [5.74, 6) is -1.96. The normalized spacial score (nSPS) is 17.6. The summed E-state index contributed by atoms with van der Waals surface area (Å²) in [5.41, 5.74) is 2.90. The molecule has 0 amide bonds. The minimum Gasteiger partial charge on any atom is -1.00 e. The van der Waals surface area contributed by atoms with Crippen LogP contribution in [0.15, 0.2) is 213 Å². The predicted octanol–water partition coefficient (Wildman–Crippen LogP) is 5.84. The minimum atomic E-state index is -2.09. The first kappa shape index (κ1) is 46.3. The maximum Gasteiger partial charge on any atom is 2.00 e. The van der Waals surface area contributed by atoms with Gasteiger partial charge in [-0.25, -0.2) is 0 Å². The standard InChI is InChI=1S/C50H36N4O4P2.2CH3.ClH.Pt/c55-43-37-27-13-14-28-38(37)44(56)52-48(34-21-7-2-8-22-34)59(47(51(43)52)33-19-5-1-6-20-33)41-31-17-18-32-42(41)60-49(35-23-9-3-10-24-35)53-45(57)39-29-15-16-30-40(39)46(58)54(53)50(60)36-25-11-4-12-26-36;;;;/h1-32,47-50H;2*1H3;1H;/q;2*-1;;+2/p+1/t47-,48-,49-,50-;;;;/m0..../s1. The molecule has 0 bridgehead atoms. The molecule has 0 saturated heterocycles. The number of rotatable bonds is 6. The predicted molar refractivity (Wildman–Crippen MR) is 258 cm³/mol. The minimum absolute atomic E-state index is 0. The van der Waals surface area contributed by atoms with E-state index in [2.05, 4.69) is 72.8 Å². The van der Waals surface area contributed by atoms with Crippen molar-refractivity contribution in [3.05, 3.63) is 273 Å². The van der Waals surface area contributed by atoms with E-state index in [1.54, 1.807) is 43.0 Å². The van der Waals surface area contributed by atoms with E-state index in [4.69, 9.17) is 0 Å². The van der Waals surface area contributed by atoms with E-state index in [0.717, 1.165) is 32.9 Å². The van der Waals surface area contributed by atoms with Crippen LogP contribution in [0.5, 0.6) is 0 Å². The van der Waals surface area contributed by atoms with E-state index < -0.39 is 39.0 Å². The zero-order chi connectivity index (χ0) is 40.5. The number of hydrogen-bond acceptors (Lipinski definition) is 4. The summed E-state index contributed by atoms with van der Waals surface area (Å²) in [5, 5.41) is 3.69. The number of benzene rings is 7. The van der Waals surface area contributed by atoms with Gasteiger partial charge in [0.15, 0.2) is 23.1 Å². The zero-order valence-electron chi connectivity index (χ0n) is 34.9. The van der Waals surface area contributed by atoms with Crippen molar-refractivity contribution in [3.63, 3.8) is 0 Å². The molecule has 0 spiro atoms. The van der Waals surface area contributed by atoms with Crippen LogP contribution in [-0.2, 0) is 21.1 Å². The van der Waals surface area contributed by atoms with Crippen molar-refractivity contribution in [1.82, 2.24) is 18.7 Å². The first-order valence-electron chi connectivity index (χ1n) is 20.1. The fourth-order valence-electron chi connectivity index (χ4n) is 9.79. The number of aromatic nitrogens is 4. The molecule has 64 heavy (non-hydrogen) atoms. The molecule has 4 atom stereocenters. The molecule has 0 N–H and O–H groups in total. The van der Waals surface area contributed by atoms with Crippen LogP contribution in [0.1, 0.15) is 45.4 Å². The molecule has 2 aliphatic rings. The Labute approximate surface area is 393 Å². The average Bonchev–Trinajstić information content (AvgIpc) is 3.87. The third-order valence-electron chi connectivity index (χ3n) is 12.2.